The maximum atomic E-state index is 12.1. The van der Waals surface area contributed by atoms with Gasteiger partial charge in [-0.25, -0.2) is 4.98 Å². The Bertz CT molecular complexity index is 997. The molecule has 2 heterocycles. The molecule has 0 unspecified atom stereocenters. The van der Waals surface area contributed by atoms with E-state index in [1.165, 1.54) is 14.2 Å². The van der Waals surface area contributed by atoms with Crippen LogP contribution in [0.3, 0.4) is 0 Å². The minimum Gasteiger partial charge on any atom is -0.497 e. The molecule has 0 spiro atoms. The molecule has 2 N–H and O–H groups in total. The summed E-state index contributed by atoms with van der Waals surface area (Å²) in [6, 6.07) is 10.6. The second-order valence-corrected chi connectivity index (χ2v) is 5.83. The van der Waals surface area contributed by atoms with E-state index in [1.54, 1.807) is 18.2 Å². The molecule has 3 rings (SSSR count). The van der Waals surface area contributed by atoms with E-state index >= 15 is 0 Å². The largest absolute Gasteiger partial charge is 0.497 e. The summed E-state index contributed by atoms with van der Waals surface area (Å²) < 4.78 is 12.2. The van der Waals surface area contributed by atoms with Gasteiger partial charge in [-0.3, -0.25) is 9.59 Å². The van der Waals surface area contributed by atoms with Gasteiger partial charge in [0.25, 0.3) is 0 Å². The molecule has 8 nitrogen and oxygen atoms in total. The lowest BCUT2D eigenvalue weighted by Gasteiger charge is -2.11. The molecule has 3 aromatic rings. The summed E-state index contributed by atoms with van der Waals surface area (Å²) in [5.74, 6) is -0.581. The SMILES string of the molecule is COc1ccc(NC(=O)C(=O)NCc2cn3c(C)cccc3n2)c(OC)c1. The number of anilines is 1. The third kappa shape index (κ3) is 4.00. The zero-order valence-electron chi connectivity index (χ0n) is 15.3. The number of nitrogens with zero attached hydrogens (tertiary/aromatic N) is 2. The van der Waals surface area contributed by atoms with Gasteiger partial charge in [-0.2, -0.15) is 0 Å². The Labute approximate surface area is 156 Å². The van der Waals surface area contributed by atoms with Gasteiger partial charge in [-0.05, 0) is 31.2 Å². The van der Waals surface area contributed by atoms with Crippen LogP contribution in [0, 0.1) is 6.92 Å². The summed E-state index contributed by atoms with van der Waals surface area (Å²) in [7, 11) is 3.00. The zero-order chi connectivity index (χ0) is 19.4. The van der Waals surface area contributed by atoms with Crippen LogP contribution in [0.1, 0.15) is 11.4 Å². The Morgan fingerprint density at radius 3 is 2.63 bits per heavy atom. The van der Waals surface area contributed by atoms with Crippen LogP contribution >= 0.6 is 0 Å². The Morgan fingerprint density at radius 2 is 1.93 bits per heavy atom. The lowest BCUT2D eigenvalue weighted by Crippen LogP contribution is -2.35. The van der Waals surface area contributed by atoms with Crippen LogP contribution in [-0.2, 0) is 16.1 Å². The molecule has 8 heteroatoms. The predicted molar refractivity (Wildman–Crippen MR) is 100.0 cm³/mol. The van der Waals surface area contributed by atoms with Crippen molar-refractivity contribution in [3.05, 3.63) is 54.0 Å². The van der Waals surface area contributed by atoms with Crippen molar-refractivity contribution in [3.8, 4) is 11.5 Å². The Hall–Kier alpha value is -3.55. The number of methoxy groups -OCH3 is 2. The fourth-order valence-corrected chi connectivity index (χ4v) is 2.62. The molecule has 0 atom stereocenters. The molecule has 0 saturated heterocycles. The van der Waals surface area contributed by atoms with Gasteiger partial charge >= 0.3 is 11.8 Å². The van der Waals surface area contributed by atoms with E-state index in [4.69, 9.17) is 9.47 Å². The van der Waals surface area contributed by atoms with Crippen molar-refractivity contribution in [2.75, 3.05) is 19.5 Å². The van der Waals surface area contributed by atoms with Crippen molar-refractivity contribution in [2.24, 2.45) is 0 Å². The van der Waals surface area contributed by atoms with Crippen LogP contribution in [0.2, 0.25) is 0 Å². The number of hydrogen-bond acceptors (Lipinski definition) is 5. The van der Waals surface area contributed by atoms with Crippen molar-refractivity contribution in [1.82, 2.24) is 14.7 Å². The summed E-state index contributed by atoms with van der Waals surface area (Å²) in [5.41, 5.74) is 2.85. The maximum absolute atomic E-state index is 12.1. The first-order valence-corrected chi connectivity index (χ1v) is 8.26. The lowest BCUT2D eigenvalue weighted by atomic mass is 10.2. The molecule has 0 saturated carbocycles. The Balaban J connectivity index is 1.64. The third-order valence-corrected chi connectivity index (χ3v) is 4.04. The number of carbonyl (C=O) groups is 2. The highest BCUT2D eigenvalue weighted by molar-refractivity contribution is 6.39. The van der Waals surface area contributed by atoms with E-state index in [-0.39, 0.29) is 6.54 Å². The van der Waals surface area contributed by atoms with E-state index in [0.717, 1.165) is 11.3 Å². The van der Waals surface area contributed by atoms with E-state index < -0.39 is 11.8 Å². The highest BCUT2D eigenvalue weighted by atomic mass is 16.5. The summed E-state index contributed by atoms with van der Waals surface area (Å²) >= 11 is 0. The van der Waals surface area contributed by atoms with Gasteiger partial charge in [0.05, 0.1) is 32.1 Å². The monoisotopic (exact) mass is 368 g/mol. The molecule has 0 aliphatic carbocycles. The van der Waals surface area contributed by atoms with Crippen LogP contribution < -0.4 is 20.1 Å². The van der Waals surface area contributed by atoms with Gasteiger partial charge in [0, 0.05) is 18.0 Å². The van der Waals surface area contributed by atoms with Crippen LogP contribution in [0.5, 0.6) is 11.5 Å². The number of rotatable bonds is 5. The normalized spacial score (nSPS) is 10.5. The van der Waals surface area contributed by atoms with E-state index in [2.05, 4.69) is 15.6 Å². The number of nitrogens with one attached hydrogen (secondary N) is 2. The van der Waals surface area contributed by atoms with Gasteiger partial charge < -0.3 is 24.5 Å². The van der Waals surface area contributed by atoms with Crippen LogP contribution in [-0.4, -0.2) is 35.4 Å². The quantitative estimate of drug-likeness (QED) is 0.671. The third-order valence-electron chi connectivity index (χ3n) is 4.04. The summed E-state index contributed by atoms with van der Waals surface area (Å²) in [5, 5.41) is 5.09. The molecule has 0 aliphatic rings. The number of hydrogen-bond donors (Lipinski definition) is 2. The number of benzene rings is 1. The topological polar surface area (TPSA) is 94.0 Å². The number of amides is 2. The van der Waals surface area contributed by atoms with Crippen molar-refractivity contribution < 1.29 is 19.1 Å². The number of fused-ring (bicyclic) bond motifs is 1. The molecule has 0 bridgehead atoms. The molecule has 140 valence electrons. The smallest absolute Gasteiger partial charge is 0.313 e. The van der Waals surface area contributed by atoms with Crippen molar-refractivity contribution in [3.63, 3.8) is 0 Å². The number of aromatic nitrogens is 2. The first kappa shape index (κ1) is 18.2. The number of pyridine rings is 1. The van der Waals surface area contributed by atoms with Gasteiger partial charge in [0.15, 0.2) is 0 Å². The van der Waals surface area contributed by atoms with E-state index in [9.17, 15) is 9.59 Å². The number of imidazole rings is 1. The first-order chi connectivity index (χ1) is 13.0. The Kier molecular flexibility index (Phi) is 5.25. The molecule has 2 amide bonds. The molecule has 27 heavy (non-hydrogen) atoms. The minimum absolute atomic E-state index is 0.146. The second kappa shape index (κ2) is 7.77. The molecular formula is C19H20N4O4. The standard InChI is InChI=1S/C19H20N4O4/c1-12-5-4-6-17-21-13(11-23(12)17)10-20-18(24)19(25)22-15-8-7-14(26-2)9-16(15)27-3/h4-9,11H,10H2,1-3H3,(H,20,24)(H,22,25). The molecule has 1 aromatic carbocycles. The van der Waals surface area contributed by atoms with Gasteiger partial charge in [0.2, 0.25) is 0 Å². The molecular weight excluding hydrogens is 348 g/mol. The van der Waals surface area contributed by atoms with Crippen LogP contribution in [0.4, 0.5) is 5.69 Å². The average molecular weight is 368 g/mol. The highest BCUT2D eigenvalue weighted by Crippen LogP contribution is 2.28. The summed E-state index contributed by atoms with van der Waals surface area (Å²) in [6.45, 7) is 2.11. The molecule has 0 aliphatic heterocycles. The summed E-state index contributed by atoms with van der Waals surface area (Å²) in [4.78, 5) is 28.7. The van der Waals surface area contributed by atoms with Gasteiger partial charge in [-0.1, -0.05) is 6.07 Å². The fourth-order valence-electron chi connectivity index (χ4n) is 2.62. The molecule has 2 aromatic heterocycles. The van der Waals surface area contributed by atoms with Crippen molar-refractivity contribution in [1.29, 1.82) is 0 Å². The van der Waals surface area contributed by atoms with Gasteiger partial charge in [0.1, 0.15) is 17.1 Å². The number of aryl methyl sites for hydroxylation is 1. The highest BCUT2D eigenvalue weighted by Gasteiger charge is 2.16. The Morgan fingerprint density at radius 1 is 1.11 bits per heavy atom. The average Bonchev–Trinajstić information content (AvgIpc) is 3.11. The van der Waals surface area contributed by atoms with Crippen molar-refractivity contribution >= 4 is 23.1 Å². The van der Waals surface area contributed by atoms with Crippen LogP contribution in [0.15, 0.2) is 42.6 Å². The zero-order valence-corrected chi connectivity index (χ0v) is 15.3. The van der Waals surface area contributed by atoms with Crippen LogP contribution in [0.25, 0.3) is 5.65 Å². The lowest BCUT2D eigenvalue weighted by molar-refractivity contribution is -0.136. The molecule has 0 fully saturated rings. The van der Waals surface area contributed by atoms with Gasteiger partial charge in [-0.15, -0.1) is 0 Å². The maximum Gasteiger partial charge on any atom is 0.313 e. The minimum atomic E-state index is -0.793. The predicted octanol–water partition coefficient (Wildman–Crippen LogP) is 1.91. The number of ether oxygens (including phenoxy) is 2. The fraction of sp³-hybridized carbons (Fsp3) is 0.211. The first-order valence-electron chi connectivity index (χ1n) is 8.26. The number of carbonyl (C=O) groups excluding carboxylic acids is 2. The molecule has 0 radical (unpaired) electrons. The van der Waals surface area contributed by atoms with Crippen molar-refractivity contribution in [2.45, 2.75) is 13.5 Å². The summed E-state index contributed by atoms with van der Waals surface area (Å²) in [6.07, 6.45) is 1.83. The second-order valence-electron chi connectivity index (χ2n) is 5.83. The van der Waals surface area contributed by atoms with E-state index in [0.29, 0.717) is 22.9 Å². The van der Waals surface area contributed by atoms with E-state index in [1.807, 2.05) is 35.7 Å².